The molecule has 0 radical (unpaired) electrons. The average molecular weight is 296 g/mol. The van der Waals surface area contributed by atoms with E-state index < -0.39 is 9.84 Å². The molecular formula is C14H20N2O3S. The van der Waals surface area contributed by atoms with Gasteiger partial charge in [0, 0.05) is 19.3 Å². The second-order valence-corrected chi connectivity index (χ2v) is 7.28. The highest BCUT2D eigenvalue weighted by Gasteiger charge is 2.21. The molecule has 0 aromatic heterocycles. The summed E-state index contributed by atoms with van der Waals surface area (Å²) in [7, 11) is -3.15. The minimum atomic E-state index is -3.15. The van der Waals surface area contributed by atoms with Crippen LogP contribution in [-0.2, 0) is 21.2 Å². The van der Waals surface area contributed by atoms with Crippen molar-refractivity contribution in [2.45, 2.75) is 24.3 Å². The predicted octanol–water partition coefficient (Wildman–Crippen LogP) is 0.706. The summed E-state index contributed by atoms with van der Waals surface area (Å²) >= 11 is 0. The number of rotatable bonds is 7. The van der Waals surface area contributed by atoms with Gasteiger partial charge in [0.05, 0.1) is 11.4 Å². The van der Waals surface area contributed by atoms with Crippen LogP contribution in [0.2, 0.25) is 0 Å². The summed E-state index contributed by atoms with van der Waals surface area (Å²) < 4.78 is 22.6. The quantitative estimate of drug-likeness (QED) is 0.777. The fraction of sp³-hybridized carbons (Fsp3) is 0.500. The van der Waals surface area contributed by atoms with Crippen molar-refractivity contribution in [3.05, 3.63) is 29.8 Å². The Hall–Kier alpha value is -1.40. The topological polar surface area (TPSA) is 75.3 Å². The summed E-state index contributed by atoms with van der Waals surface area (Å²) in [6, 6.07) is 6.68. The van der Waals surface area contributed by atoms with E-state index in [1.54, 1.807) is 24.3 Å². The van der Waals surface area contributed by atoms with Gasteiger partial charge < -0.3 is 10.6 Å². The van der Waals surface area contributed by atoms with E-state index in [4.69, 9.17) is 0 Å². The van der Waals surface area contributed by atoms with Crippen molar-refractivity contribution in [1.82, 2.24) is 10.6 Å². The molecular weight excluding hydrogens is 276 g/mol. The van der Waals surface area contributed by atoms with Gasteiger partial charge in [-0.25, -0.2) is 8.42 Å². The molecule has 0 spiro atoms. The van der Waals surface area contributed by atoms with Gasteiger partial charge in [0.1, 0.15) is 0 Å². The zero-order chi connectivity index (χ0) is 14.6. The first-order valence-corrected chi connectivity index (χ1v) is 8.61. The van der Waals surface area contributed by atoms with E-state index in [9.17, 15) is 13.2 Å². The highest BCUT2D eigenvalue weighted by Crippen LogP contribution is 2.27. The van der Waals surface area contributed by atoms with Crippen molar-refractivity contribution < 1.29 is 13.2 Å². The van der Waals surface area contributed by atoms with Crippen molar-refractivity contribution >= 4 is 15.7 Å². The lowest BCUT2D eigenvalue weighted by Gasteiger charge is -2.07. The molecule has 1 aromatic carbocycles. The Bertz CT molecular complexity index is 563. The minimum absolute atomic E-state index is 0.00431. The highest BCUT2D eigenvalue weighted by molar-refractivity contribution is 7.90. The number of hydrogen-bond acceptors (Lipinski definition) is 4. The van der Waals surface area contributed by atoms with Crippen LogP contribution in [0.1, 0.15) is 18.4 Å². The van der Waals surface area contributed by atoms with Crippen LogP contribution in [0, 0.1) is 5.92 Å². The lowest BCUT2D eigenvalue weighted by Crippen LogP contribution is -2.34. The maximum Gasteiger partial charge on any atom is 0.233 e. The zero-order valence-corrected chi connectivity index (χ0v) is 12.4. The fourth-order valence-corrected chi connectivity index (χ4v) is 2.45. The van der Waals surface area contributed by atoms with E-state index in [0.717, 1.165) is 12.1 Å². The van der Waals surface area contributed by atoms with Gasteiger partial charge in [-0.2, -0.15) is 0 Å². The van der Waals surface area contributed by atoms with Gasteiger partial charge in [0.2, 0.25) is 5.91 Å². The highest BCUT2D eigenvalue weighted by atomic mass is 32.2. The Kier molecular flexibility index (Phi) is 4.77. The molecule has 5 nitrogen and oxygen atoms in total. The minimum Gasteiger partial charge on any atom is -0.355 e. The molecule has 1 fully saturated rings. The second kappa shape index (κ2) is 6.37. The molecule has 110 valence electrons. The summed E-state index contributed by atoms with van der Waals surface area (Å²) in [6.45, 7) is 1.60. The number of hydrogen-bond donors (Lipinski definition) is 2. The normalized spacial score (nSPS) is 15.1. The summed E-state index contributed by atoms with van der Waals surface area (Å²) in [5.41, 5.74) is 0.951. The average Bonchev–Trinajstić information content (AvgIpc) is 3.20. The van der Waals surface area contributed by atoms with Gasteiger partial charge in [0.15, 0.2) is 9.84 Å². The van der Waals surface area contributed by atoms with Crippen LogP contribution in [0.3, 0.4) is 0 Å². The largest absolute Gasteiger partial charge is 0.355 e. The molecule has 0 atom stereocenters. The summed E-state index contributed by atoms with van der Waals surface area (Å²) in [6.07, 6.45) is 3.63. The van der Waals surface area contributed by atoms with Crippen molar-refractivity contribution in [1.29, 1.82) is 0 Å². The van der Waals surface area contributed by atoms with Crippen molar-refractivity contribution in [2.24, 2.45) is 5.92 Å². The number of carbonyl (C=O) groups is 1. The lowest BCUT2D eigenvalue weighted by molar-refractivity contribution is -0.120. The van der Waals surface area contributed by atoms with E-state index in [-0.39, 0.29) is 12.5 Å². The molecule has 1 aliphatic carbocycles. The number of amides is 1. The molecule has 2 N–H and O–H groups in total. The van der Waals surface area contributed by atoms with Crippen molar-refractivity contribution in [3.63, 3.8) is 0 Å². The van der Waals surface area contributed by atoms with E-state index >= 15 is 0 Å². The van der Waals surface area contributed by atoms with Gasteiger partial charge in [-0.15, -0.1) is 0 Å². The van der Waals surface area contributed by atoms with E-state index in [2.05, 4.69) is 10.6 Å². The van der Waals surface area contributed by atoms with E-state index in [0.29, 0.717) is 17.4 Å². The van der Waals surface area contributed by atoms with Crippen LogP contribution in [0.4, 0.5) is 0 Å². The third kappa shape index (κ3) is 4.94. The van der Waals surface area contributed by atoms with Crippen LogP contribution in [-0.4, -0.2) is 33.7 Å². The van der Waals surface area contributed by atoms with Crippen LogP contribution in [0.5, 0.6) is 0 Å². The van der Waals surface area contributed by atoms with Crippen LogP contribution in [0.15, 0.2) is 29.2 Å². The first kappa shape index (κ1) is 15.0. The molecule has 1 aliphatic rings. The smallest absolute Gasteiger partial charge is 0.233 e. The van der Waals surface area contributed by atoms with Gasteiger partial charge in [0.25, 0.3) is 0 Å². The monoisotopic (exact) mass is 296 g/mol. The maximum absolute atomic E-state index is 11.5. The Labute approximate surface area is 119 Å². The van der Waals surface area contributed by atoms with Crippen LogP contribution in [0.25, 0.3) is 0 Å². The number of sulfone groups is 1. The third-order valence-corrected chi connectivity index (χ3v) is 4.38. The molecule has 0 unspecified atom stereocenters. The molecule has 2 rings (SSSR count). The molecule has 0 heterocycles. The summed E-state index contributed by atoms with van der Waals surface area (Å²) in [5.74, 6) is 0.687. The zero-order valence-electron chi connectivity index (χ0n) is 11.6. The fourth-order valence-electron chi connectivity index (χ4n) is 1.82. The Morgan fingerprint density at radius 2 is 1.90 bits per heavy atom. The second-order valence-electron chi connectivity index (χ2n) is 5.27. The number of benzene rings is 1. The standard InChI is InChI=1S/C14H20N2O3S/c1-20(18,19)13-6-4-11(5-7-13)8-15-10-14(17)16-9-12-2-3-12/h4-7,12,15H,2-3,8-10H2,1H3,(H,16,17). The number of nitrogens with one attached hydrogen (secondary N) is 2. The third-order valence-electron chi connectivity index (χ3n) is 3.25. The van der Waals surface area contributed by atoms with Gasteiger partial charge in [-0.3, -0.25) is 4.79 Å². The Morgan fingerprint density at radius 3 is 2.45 bits per heavy atom. The molecule has 20 heavy (non-hydrogen) atoms. The van der Waals surface area contributed by atoms with Gasteiger partial charge in [-0.1, -0.05) is 12.1 Å². The number of carbonyl (C=O) groups excluding carboxylic acids is 1. The summed E-state index contributed by atoms with van der Waals surface area (Å²) in [4.78, 5) is 11.8. The molecule has 1 amide bonds. The van der Waals surface area contributed by atoms with Gasteiger partial charge in [-0.05, 0) is 36.5 Å². The van der Waals surface area contributed by atoms with Crippen LogP contribution < -0.4 is 10.6 Å². The predicted molar refractivity (Wildman–Crippen MR) is 77.0 cm³/mol. The molecule has 1 aromatic rings. The Morgan fingerprint density at radius 1 is 1.25 bits per heavy atom. The Balaban J connectivity index is 1.72. The van der Waals surface area contributed by atoms with Crippen molar-refractivity contribution in [3.8, 4) is 0 Å². The van der Waals surface area contributed by atoms with E-state index in [1.807, 2.05) is 0 Å². The SMILES string of the molecule is CS(=O)(=O)c1ccc(CNCC(=O)NCC2CC2)cc1. The lowest BCUT2D eigenvalue weighted by atomic mass is 10.2. The molecule has 0 aliphatic heterocycles. The van der Waals surface area contributed by atoms with Gasteiger partial charge >= 0.3 is 0 Å². The molecule has 0 bridgehead atoms. The van der Waals surface area contributed by atoms with E-state index in [1.165, 1.54) is 19.1 Å². The first-order chi connectivity index (χ1) is 9.45. The molecule has 1 saturated carbocycles. The molecule has 6 heteroatoms. The van der Waals surface area contributed by atoms with Crippen LogP contribution >= 0.6 is 0 Å². The first-order valence-electron chi connectivity index (χ1n) is 6.71. The summed E-state index contributed by atoms with van der Waals surface area (Å²) in [5, 5.41) is 5.92. The molecule has 0 saturated heterocycles. The van der Waals surface area contributed by atoms with Crippen molar-refractivity contribution in [2.75, 3.05) is 19.3 Å². The maximum atomic E-state index is 11.5.